The molecule has 0 aliphatic rings. The van der Waals surface area contributed by atoms with Gasteiger partial charge in [0.15, 0.2) is 0 Å². The summed E-state index contributed by atoms with van der Waals surface area (Å²) in [5.74, 6) is -0.327. The second kappa shape index (κ2) is 5.26. The zero-order chi connectivity index (χ0) is 11.3. The predicted molar refractivity (Wildman–Crippen MR) is 53.2 cm³/mol. The number of nitrogens with zero attached hydrogens (tertiary/aromatic N) is 2. The summed E-state index contributed by atoms with van der Waals surface area (Å²) in [5.41, 5.74) is -0.468. The van der Waals surface area contributed by atoms with Crippen LogP contribution in [0.1, 0.15) is 6.92 Å². The van der Waals surface area contributed by atoms with Gasteiger partial charge in [0.2, 0.25) is 5.91 Å². The molecule has 0 bridgehead atoms. The van der Waals surface area contributed by atoms with Gasteiger partial charge in [-0.3, -0.25) is 9.36 Å². The van der Waals surface area contributed by atoms with Crippen molar-refractivity contribution in [2.24, 2.45) is 0 Å². The Morgan fingerprint density at radius 2 is 2.47 bits per heavy atom. The van der Waals surface area contributed by atoms with Crippen molar-refractivity contribution in [2.75, 3.05) is 6.61 Å². The van der Waals surface area contributed by atoms with Gasteiger partial charge in [-0.2, -0.15) is 0 Å². The summed E-state index contributed by atoms with van der Waals surface area (Å²) in [6.45, 7) is 1.45. The van der Waals surface area contributed by atoms with Crippen LogP contribution < -0.4 is 11.0 Å². The van der Waals surface area contributed by atoms with Gasteiger partial charge < -0.3 is 10.4 Å². The first-order valence-electron chi connectivity index (χ1n) is 4.55. The Kier molecular flexibility index (Phi) is 3.99. The van der Waals surface area contributed by atoms with Crippen molar-refractivity contribution in [1.82, 2.24) is 14.9 Å². The van der Waals surface area contributed by atoms with Crippen LogP contribution in [0.15, 0.2) is 23.3 Å². The molecule has 0 spiro atoms. The summed E-state index contributed by atoms with van der Waals surface area (Å²) in [6, 6.07) is 1.26. The number of carbonyl (C=O) groups excluding carboxylic acids is 1. The number of nitrogens with one attached hydrogen (secondary N) is 1. The number of aliphatic hydroxyl groups excluding tert-OH is 1. The van der Waals surface area contributed by atoms with Crippen molar-refractivity contribution in [3.63, 3.8) is 0 Å². The third kappa shape index (κ3) is 3.51. The molecular formula is C9H13N3O3. The van der Waals surface area contributed by atoms with Crippen LogP contribution in [0.2, 0.25) is 0 Å². The van der Waals surface area contributed by atoms with Crippen LogP contribution >= 0.6 is 0 Å². The Hall–Kier alpha value is -1.69. The molecule has 6 heteroatoms. The van der Waals surface area contributed by atoms with Gasteiger partial charge in [-0.1, -0.05) is 0 Å². The molecule has 1 heterocycles. The normalized spacial score (nSPS) is 12.1. The lowest BCUT2D eigenvalue weighted by atomic mass is 10.3. The Labute approximate surface area is 86.6 Å². The minimum atomic E-state index is -0.468. The molecule has 2 N–H and O–H groups in total. The van der Waals surface area contributed by atoms with E-state index in [1.165, 1.54) is 17.0 Å². The van der Waals surface area contributed by atoms with Gasteiger partial charge in [-0.25, -0.2) is 9.78 Å². The summed E-state index contributed by atoms with van der Waals surface area (Å²) in [6.07, 6.45) is 2.85. The molecule has 0 aliphatic carbocycles. The first kappa shape index (κ1) is 11.4. The lowest BCUT2D eigenvalue weighted by Crippen LogP contribution is -2.39. The third-order valence-corrected chi connectivity index (χ3v) is 1.78. The molecule has 0 saturated carbocycles. The first-order chi connectivity index (χ1) is 7.13. The Balaban J connectivity index is 2.59. The van der Waals surface area contributed by atoms with Crippen molar-refractivity contribution in [3.8, 4) is 0 Å². The highest BCUT2D eigenvalue weighted by Gasteiger charge is 2.07. The fourth-order valence-corrected chi connectivity index (χ4v) is 1.03. The fourth-order valence-electron chi connectivity index (χ4n) is 1.03. The average molecular weight is 211 g/mol. The van der Waals surface area contributed by atoms with Gasteiger partial charge in [-0.15, -0.1) is 0 Å². The molecule has 0 radical (unpaired) electrons. The van der Waals surface area contributed by atoms with Gasteiger partial charge in [0.1, 0.15) is 6.54 Å². The van der Waals surface area contributed by atoms with E-state index in [0.717, 1.165) is 0 Å². The van der Waals surface area contributed by atoms with Gasteiger partial charge in [0.05, 0.1) is 6.61 Å². The highest BCUT2D eigenvalue weighted by molar-refractivity contribution is 5.75. The molecule has 6 nitrogen and oxygen atoms in total. The van der Waals surface area contributed by atoms with Crippen LogP contribution in [0.4, 0.5) is 0 Å². The quantitative estimate of drug-likeness (QED) is 0.651. The zero-order valence-electron chi connectivity index (χ0n) is 8.38. The molecule has 0 aliphatic heterocycles. The standard InChI is InChI=1S/C9H13N3O3/c1-7(6-13)11-8(14)5-12-4-2-3-10-9(12)15/h2-4,7,13H,5-6H2,1H3,(H,11,14)/t7-/m0/s1. The summed E-state index contributed by atoms with van der Waals surface area (Å²) < 4.78 is 1.19. The van der Waals surface area contributed by atoms with E-state index in [9.17, 15) is 9.59 Å². The van der Waals surface area contributed by atoms with Crippen LogP contribution in [0, 0.1) is 0 Å². The second-order valence-corrected chi connectivity index (χ2v) is 3.18. The largest absolute Gasteiger partial charge is 0.394 e. The van der Waals surface area contributed by atoms with E-state index in [0.29, 0.717) is 0 Å². The number of aliphatic hydroxyl groups is 1. The van der Waals surface area contributed by atoms with E-state index < -0.39 is 5.69 Å². The molecule has 82 valence electrons. The van der Waals surface area contributed by atoms with Gasteiger partial charge in [0, 0.05) is 18.4 Å². The van der Waals surface area contributed by atoms with Crippen molar-refractivity contribution >= 4 is 5.91 Å². The van der Waals surface area contributed by atoms with Crippen LogP contribution in [0.5, 0.6) is 0 Å². The molecular weight excluding hydrogens is 198 g/mol. The van der Waals surface area contributed by atoms with Crippen molar-refractivity contribution in [1.29, 1.82) is 0 Å². The van der Waals surface area contributed by atoms with Gasteiger partial charge >= 0.3 is 5.69 Å². The number of carbonyl (C=O) groups is 1. The van der Waals surface area contributed by atoms with E-state index in [-0.39, 0.29) is 25.1 Å². The third-order valence-electron chi connectivity index (χ3n) is 1.78. The lowest BCUT2D eigenvalue weighted by Gasteiger charge is -2.11. The molecule has 1 aromatic rings. The average Bonchev–Trinajstić information content (AvgIpc) is 2.21. The summed E-state index contributed by atoms with van der Waals surface area (Å²) in [5, 5.41) is 11.2. The Bertz CT molecular complexity index is 388. The maximum atomic E-state index is 11.3. The molecule has 15 heavy (non-hydrogen) atoms. The van der Waals surface area contributed by atoms with Crippen LogP contribution in [-0.2, 0) is 11.3 Å². The minimum absolute atomic E-state index is 0.0863. The summed E-state index contributed by atoms with van der Waals surface area (Å²) >= 11 is 0. The summed E-state index contributed by atoms with van der Waals surface area (Å²) in [7, 11) is 0. The highest BCUT2D eigenvalue weighted by Crippen LogP contribution is 1.83. The molecule has 1 atom stereocenters. The molecule has 0 unspecified atom stereocenters. The number of hydrogen-bond acceptors (Lipinski definition) is 4. The maximum absolute atomic E-state index is 11.3. The zero-order valence-corrected chi connectivity index (χ0v) is 8.38. The summed E-state index contributed by atoms with van der Waals surface area (Å²) in [4.78, 5) is 26.0. The maximum Gasteiger partial charge on any atom is 0.347 e. The predicted octanol–water partition coefficient (Wildman–Crippen LogP) is -1.26. The molecule has 1 aromatic heterocycles. The van der Waals surface area contributed by atoms with E-state index in [1.54, 1.807) is 13.0 Å². The van der Waals surface area contributed by atoms with Crippen LogP contribution in [0.3, 0.4) is 0 Å². The Morgan fingerprint density at radius 3 is 3.07 bits per heavy atom. The van der Waals surface area contributed by atoms with Gasteiger partial charge in [-0.05, 0) is 13.0 Å². The number of aromatic nitrogens is 2. The minimum Gasteiger partial charge on any atom is -0.394 e. The van der Waals surface area contributed by atoms with E-state index in [4.69, 9.17) is 5.11 Å². The molecule has 1 amide bonds. The molecule has 1 rings (SSSR count). The van der Waals surface area contributed by atoms with Crippen molar-refractivity contribution < 1.29 is 9.90 Å². The number of amides is 1. The molecule has 0 saturated heterocycles. The van der Waals surface area contributed by atoms with E-state index >= 15 is 0 Å². The SMILES string of the molecule is C[C@@H](CO)NC(=O)Cn1cccnc1=O. The van der Waals surface area contributed by atoms with E-state index in [1.807, 2.05) is 0 Å². The fraction of sp³-hybridized carbons (Fsp3) is 0.444. The highest BCUT2D eigenvalue weighted by atomic mass is 16.3. The monoisotopic (exact) mass is 211 g/mol. The topological polar surface area (TPSA) is 84.2 Å². The first-order valence-corrected chi connectivity index (χ1v) is 4.55. The smallest absolute Gasteiger partial charge is 0.347 e. The molecule has 0 fully saturated rings. The lowest BCUT2D eigenvalue weighted by molar-refractivity contribution is -0.122. The van der Waals surface area contributed by atoms with Crippen LogP contribution in [0.25, 0.3) is 0 Å². The van der Waals surface area contributed by atoms with Crippen molar-refractivity contribution in [2.45, 2.75) is 19.5 Å². The van der Waals surface area contributed by atoms with Crippen molar-refractivity contribution in [3.05, 3.63) is 28.9 Å². The Morgan fingerprint density at radius 1 is 1.73 bits per heavy atom. The van der Waals surface area contributed by atoms with E-state index in [2.05, 4.69) is 10.3 Å². The number of rotatable bonds is 4. The van der Waals surface area contributed by atoms with Gasteiger partial charge in [0.25, 0.3) is 0 Å². The number of hydrogen-bond donors (Lipinski definition) is 2. The second-order valence-electron chi connectivity index (χ2n) is 3.18. The van der Waals surface area contributed by atoms with Crippen LogP contribution in [-0.4, -0.2) is 33.2 Å². The molecule has 0 aromatic carbocycles.